The van der Waals surface area contributed by atoms with Crippen molar-refractivity contribution >= 4 is 21.5 Å². The average Bonchev–Trinajstić information content (AvgIpc) is 2.34. The molecule has 3 nitrogen and oxygen atoms in total. The molecule has 5 heteroatoms. The van der Waals surface area contributed by atoms with Crippen LogP contribution in [0.3, 0.4) is 0 Å². The molecule has 74 valence electrons. The zero-order valence-corrected chi connectivity index (χ0v) is 9.19. The lowest BCUT2D eigenvalue weighted by molar-refractivity contribution is 0.233. The number of hydrogen-bond donors (Lipinski definition) is 0. The first kappa shape index (κ1) is 10.7. The monoisotopic (exact) mass is 220 g/mol. The van der Waals surface area contributed by atoms with E-state index in [2.05, 4.69) is 0 Å². The number of rotatable bonds is 4. The van der Waals surface area contributed by atoms with Gasteiger partial charge in [-0.1, -0.05) is 6.07 Å². The van der Waals surface area contributed by atoms with Gasteiger partial charge in [0.1, 0.15) is 0 Å². The van der Waals surface area contributed by atoms with E-state index >= 15 is 0 Å². The third-order valence-electron chi connectivity index (χ3n) is 1.41. The van der Waals surface area contributed by atoms with Crippen molar-refractivity contribution in [2.75, 3.05) is 6.26 Å². The van der Waals surface area contributed by atoms with Crippen LogP contribution in [0.1, 0.15) is 11.8 Å². The molecule has 1 aromatic rings. The Balaban J connectivity index is 2.47. The Morgan fingerprint density at radius 1 is 1.62 bits per heavy atom. The molecule has 0 bridgehead atoms. The van der Waals surface area contributed by atoms with Crippen LogP contribution in [0, 0.1) is 0 Å². The first-order valence-electron chi connectivity index (χ1n) is 3.88. The van der Waals surface area contributed by atoms with Crippen molar-refractivity contribution < 1.29 is 12.6 Å². The zero-order chi connectivity index (χ0) is 9.90. The van der Waals surface area contributed by atoms with Crippen molar-refractivity contribution in [2.24, 2.45) is 0 Å². The molecule has 0 aliphatic heterocycles. The van der Waals surface area contributed by atoms with Crippen LogP contribution in [0.2, 0.25) is 0 Å². The molecule has 1 heterocycles. The molecule has 0 aliphatic rings. The Bertz CT molecular complexity index is 339. The lowest BCUT2D eigenvalue weighted by atomic mass is 10.2. The molecule has 0 saturated carbocycles. The number of thiophene rings is 1. The minimum Gasteiger partial charge on any atom is -0.267 e. The van der Waals surface area contributed by atoms with Crippen LogP contribution in [0.25, 0.3) is 0 Å². The second-order valence-electron chi connectivity index (χ2n) is 2.89. The van der Waals surface area contributed by atoms with Crippen LogP contribution in [0.4, 0.5) is 0 Å². The van der Waals surface area contributed by atoms with E-state index in [0.29, 0.717) is 6.42 Å². The first-order chi connectivity index (χ1) is 5.97. The molecule has 1 atom stereocenters. The van der Waals surface area contributed by atoms with Gasteiger partial charge in [0.05, 0.1) is 12.4 Å². The molecule has 0 fully saturated rings. The maximum Gasteiger partial charge on any atom is 0.264 e. The molecule has 0 radical (unpaired) electrons. The van der Waals surface area contributed by atoms with Crippen molar-refractivity contribution in [3.63, 3.8) is 0 Å². The molecule has 13 heavy (non-hydrogen) atoms. The van der Waals surface area contributed by atoms with E-state index in [1.165, 1.54) is 0 Å². The van der Waals surface area contributed by atoms with Crippen LogP contribution in [0.15, 0.2) is 17.5 Å². The van der Waals surface area contributed by atoms with E-state index in [9.17, 15) is 8.42 Å². The van der Waals surface area contributed by atoms with Gasteiger partial charge in [-0.3, -0.25) is 4.18 Å². The van der Waals surface area contributed by atoms with Crippen molar-refractivity contribution in [1.29, 1.82) is 0 Å². The van der Waals surface area contributed by atoms with Gasteiger partial charge in [0.25, 0.3) is 10.1 Å². The normalized spacial score (nSPS) is 14.3. The lowest BCUT2D eigenvalue weighted by Crippen LogP contribution is -2.15. The first-order valence-corrected chi connectivity index (χ1v) is 6.57. The SMILES string of the molecule is C[C@@H](Cc1cccs1)OS(C)(=O)=O. The number of hydrogen-bond acceptors (Lipinski definition) is 4. The van der Waals surface area contributed by atoms with E-state index in [1.54, 1.807) is 18.3 Å². The Labute approximate surface area is 82.5 Å². The summed E-state index contributed by atoms with van der Waals surface area (Å²) in [6, 6.07) is 3.90. The predicted molar refractivity (Wildman–Crippen MR) is 53.4 cm³/mol. The van der Waals surface area contributed by atoms with E-state index < -0.39 is 10.1 Å². The van der Waals surface area contributed by atoms with E-state index in [-0.39, 0.29) is 6.10 Å². The predicted octanol–water partition coefficient (Wildman–Crippen LogP) is 1.66. The summed E-state index contributed by atoms with van der Waals surface area (Å²) in [5.74, 6) is 0. The zero-order valence-electron chi connectivity index (χ0n) is 7.56. The van der Waals surface area contributed by atoms with Gasteiger partial charge in [-0.05, 0) is 18.4 Å². The van der Waals surface area contributed by atoms with Crippen molar-refractivity contribution in [2.45, 2.75) is 19.4 Å². The Hall–Kier alpha value is -0.390. The van der Waals surface area contributed by atoms with Gasteiger partial charge in [0, 0.05) is 11.3 Å². The summed E-state index contributed by atoms with van der Waals surface area (Å²) in [4.78, 5) is 1.14. The fourth-order valence-electron chi connectivity index (χ4n) is 1.04. The molecular weight excluding hydrogens is 208 g/mol. The fourth-order valence-corrected chi connectivity index (χ4v) is 2.53. The van der Waals surface area contributed by atoms with Gasteiger partial charge in [-0.25, -0.2) is 0 Å². The molecule has 0 N–H and O–H groups in total. The maximum atomic E-state index is 10.8. The molecule has 1 rings (SSSR count). The smallest absolute Gasteiger partial charge is 0.264 e. The van der Waals surface area contributed by atoms with Gasteiger partial charge >= 0.3 is 0 Å². The molecule has 0 aliphatic carbocycles. The molecule has 0 saturated heterocycles. The van der Waals surface area contributed by atoms with Gasteiger partial charge < -0.3 is 0 Å². The van der Waals surface area contributed by atoms with Crippen LogP contribution < -0.4 is 0 Å². The van der Waals surface area contributed by atoms with Crippen molar-refractivity contribution in [1.82, 2.24) is 0 Å². The summed E-state index contributed by atoms with van der Waals surface area (Å²) in [7, 11) is -3.32. The third kappa shape index (κ3) is 4.40. The Morgan fingerprint density at radius 2 is 2.31 bits per heavy atom. The van der Waals surface area contributed by atoms with Crippen LogP contribution in [0.5, 0.6) is 0 Å². The summed E-state index contributed by atoms with van der Waals surface area (Å²) >= 11 is 1.60. The molecule has 0 unspecified atom stereocenters. The van der Waals surface area contributed by atoms with E-state index in [4.69, 9.17) is 4.18 Å². The Kier molecular flexibility index (Phi) is 3.47. The summed E-state index contributed by atoms with van der Waals surface area (Å²) in [6.07, 6.45) is 1.43. The molecule has 0 aromatic carbocycles. The highest BCUT2D eigenvalue weighted by atomic mass is 32.2. The van der Waals surface area contributed by atoms with Crippen molar-refractivity contribution in [3.8, 4) is 0 Å². The van der Waals surface area contributed by atoms with Crippen LogP contribution >= 0.6 is 11.3 Å². The summed E-state index contributed by atoms with van der Waals surface area (Å²) in [6.45, 7) is 1.75. The quantitative estimate of drug-likeness (QED) is 0.725. The van der Waals surface area contributed by atoms with Gasteiger partial charge in [0.15, 0.2) is 0 Å². The second kappa shape index (κ2) is 4.21. The molecule has 0 amide bonds. The topological polar surface area (TPSA) is 43.4 Å². The van der Waals surface area contributed by atoms with Gasteiger partial charge in [-0.2, -0.15) is 8.42 Å². The second-order valence-corrected chi connectivity index (χ2v) is 5.53. The van der Waals surface area contributed by atoms with E-state index in [0.717, 1.165) is 11.1 Å². The Morgan fingerprint density at radius 3 is 2.77 bits per heavy atom. The third-order valence-corrected chi connectivity index (χ3v) is 2.98. The highest BCUT2D eigenvalue weighted by Gasteiger charge is 2.10. The highest BCUT2D eigenvalue weighted by molar-refractivity contribution is 7.86. The highest BCUT2D eigenvalue weighted by Crippen LogP contribution is 2.13. The summed E-state index contributed by atoms with van der Waals surface area (Å²) in [5.41, 5.74) is 0. The van der Waals surface area contributed by atoms with Crippen LogP contribution in [-0.2, 0) is 20.7 Å². The minimum absolute atomic E-state index is 0.284. The summed E-state index contributed by atoms with van der Waals surface area (Å²) < 4.78 is 26.3. The maximum absolute atomic E-state index is 10.8. The molecule has 1 aromatic heterocycles. The average molecular weight is 220 g/mol. The molecule has 0 spiro atoms. The standard InChI is InChI=1S/C8H12O3S2/c1-7(11-13(2,9)10)6-8-4-3-5-12-8/h3-5,7H,6H2,1-2H3/t7-/m0/s1. The van der Waals surface area contributed by atoms with Gasteiger partial charge in [-0.15, -0.1) is 11.3 Å². The molecular formula is C8H12O3S2. The largest absolute Gasteiger partial charge is 0.267 e. The van der Waals surface area contributed by atoms with Crippen molar-refractivity contribution in [3.05, 3.63) is 22.4 Å². The summed E-state index contributed by atoms with van der Waals surface area (Å²) in [5, 5.41) is 1.96. The minimum atomic E-state index is -3.32. The van der Waals surface area contributed by atoms with Gasteiger partial charge in [0.2, 0.25) is 0 Å². The lowest BCUT2D eigenvalue weighted by Gasteiger charge is -2.08. The van der Waals surface area contributed by atoms with Crippen LogP contribution in [-0.4, -0.2) is 20.8 Å². The van der Waals surface area contributed by atoms with E-state index in [1.807, 2.05) is 17.5 Å². The fraction of sp³-hybridized carbons (Fsp3) is 0.500.